The molecular weight excluding hydrogens is 459 g/mol. The average molecular weight is 480 g/mol. The van der Waals surface area contributed by atoms with Crippen LogP contribution >= 0.6 is 0 Å². The van der Waals surface area contributed by atoms with Gasteiger partial charge in [-0.2, -0.15) is 0 Å². The zero-order valence-electron chi connectivity index (χ0n) is 18.5. The number of carbonyl (C=O) groups is 5. The lowest BCUT2D eigenvalue weighted by atomic mass is 9.76. The second-order valence-corrected chi connectivity index (χ2v) is 8.66. The normalized spacial score (nSPS) is 26.6. The molecule has 4 N–H and O–H groups in total. The minimum Gasteiger partial charge on any atom is -0.462 e. The summed E-state index contributed by atoms with van der Waals surface area (Å²) in [6.45, 7) is 1.86. The number of nitrogens with one attached hydrogen (secondary N) is 2. The molecule has 2 unspecified atom stereocenters. The number of nitrogens with two attached hydrogens (primary N) is 1. The first kappa shape index (κ1) is 22.7. The maximum absolute atomic E-state index is 14.2. The molecule has 5 rings (SSSR count). The molecule has 0 saturated carbocycles. The molecule has 1 spiro atoms. The Kier molecular flexibility index (Phi) is 5.17. The molecule has 3 aliphatic heterocycles. The minimum atomic E-state index is -1.76. The lowest BCUT2D eigenvalue weighted by Crippen LogP contribution is -2.53. The lowest BCUT2D eigenvalue weighted by Gasteiger charge is -2.29. The summed E-state index contributed by atoms with van der Waals surface area (Å²) in [6, 6.07) is 8.44. The fraction of sp³-hybridized carbons (Fsp3) is 0.292. The van der Waals surface area contributed by atoms with Crippen molar-refractivity contribution in [2.24, 2.45) is 17.6 Å². The number of hydrogen-bond donors (Lipinski definition) is 3. The summed E-state index contributed by atoms with van der Waals surface area (Å²) in [4.78, 5) is 65.3. The van der Waals surface area contributed by atoms with E-state index in [9.17, 15) is 28.4 Å². The molecule has 11 heteroatoms. The van der Waals surface area contributed by atoms with Gasteiger partial charge in [-0.3, -0.25) is 24.5 Å². The largest absolute Gasteiger partial charge is 0.462 e. The van der Waals surface area contributed by atoms with Gasteiger partial charge in [0.15, 0.2) is 0 Å². The van der Waals surface area contributed by atoms with E-state index in [-0.39, 0.29) is 29.8 Å². The van der Waals surface area contributed by atoms with Crippen LogP contribution in [0.4, 0.5) is 15.8 Å². The molecule has 3 aliphatic rings. The Labute approximate surface area is 198 Å². The van der Waals surface area contributed by atoms with Crippen LogP contribution in [0.5, 0.6) is 0 Å². The molecule has 2 aromatic rings. The number of hydrogen-bond acceptors (Lipinski definition) is 7. The quantitative estimate of drug-likeness (QED) is 0.424. The van der Waals surface area contributed by atoms with Gasteiger partial charge in [-0.15, -0.1) is 0 Å². The van der Waals surface area contributed by atoms with Crippen LogP contribution in [0.1, 0.15) is 29.3 Å². The van der Waals surface area contributed by atoms with Crippen LogP contribution in [0.3, 0.4) is 0 Å². The van der Waals surface area contributed by atoms with E-state index in [1.807, 2.05) is 0 Å². The van der Waals surface area contributed by atoms with Gasteiger partial charge in [0.05, 0.1) is 29.7 Å². The Morgan fingerprint density at radius 1 is 1.11 bits per heavy atom. The summed E-state index contributed by atoms with van der Waals surface area (Å²) in [7, 11) is 0. The maximum atomic E-state index is 14.2. The van der Waals surface area contributed by atoms with Gasteiger partial charge >= 0.3 is 5.97 Å². The second kappa shape index (κ2) is 7.98. The number of anilines is 2. The van der Waals surface area contributed by atoms with E-state index in [2.05, 4.69) is 10.6 Å². The van der Waals surface area contributed by atoms with Crippen molar-refractivity contribution in [2.45, 2.75) is 24.9 Å². The Balaban J connectivity index is 1.59. The number of nitrogens with zero attached hydrogens (tertiary/aromatic N) is 1. The number of halogens is 1. The molecule has 10 nitrogen and oxygen atoms in total. The van der Waals surface area contributed by atoms with Gasteiger partial charge in [-0.25, -0.2) is 14.1 Å². The fourth-order valence-corrected chi connectivity index (χ4v) is 5.38. The first-order valence-electron chi connectivity index (χ1n) is 11.0. The van der Waals surface area contributed by atoms with Crippen molar-refractivity contribution in [3.8, 4) is 0 Å². The first-order chi connectivity index (χ1) is 16.7. The highest BCUT2D eigenvalue weighted by Crippen LogP contribution is 2.54. The summed E-state index contributed by atoms with van der Waals surface area (Å²) in [5, 5.41) is 5.64. The monoisotopic (exact) mass is 480 g/mol. The lowest BCUT2D eigenvalue weighted by molar-refractivity contribution is -0.130. The van der Waals surface area contributed by atoms with Crippen LogP contribution in [0.2, 0.25) is 0 Å². The van der Waals surface area contributed by atoms with Gasteiger partial charge < -0.3 is 15.8 Å². The highest BCUT2D eigenvalue weighted by atomic mass is 19.1. The topological polar surface area (TPSA) is 148 Å². The number of primary amides is 1. The summed E-state index contributed by atoms with van der Waals surface area (Å²) in [6.07, 6.45) is -0.310. The molecule has 3 heterocycles. The van der Waals surface area contributed by atoms with E-state index >= 15 is 0 Å². The molecule has 2 saturated heterocycles. The summed E-state index contributed by atoms with van der Waals surface area (Å²) < 4.78 is 19.2. The molecule has 2 aromatic carbocycles. The Hall–Kier alpha value is -4.12. The van der Waals surface area contributed by atoms with Crippen molar-refractivity contribution in [2.75, 3.05) is 16.8 Å². The van der Waals surface area contributed by atoms with Crippen LogP contribution in [0.15, 0.2) is 42.5 Å². The summed E-state index contributed by atoms with van der Waals surface area (Å²) in [5.41, 5.74) is 4.56. The van der Waals surface area contributed by atoms with Crippen molar-refractivity contribution < 1.29 is 33.1 Å². The molecule has 35 heavy (non-hydrogen) atoms. The molecule has 4 atom stereocenters. The van der Waals surface area contributed by atoms with Crippen molar-refractivity contribution in [1.29, 1.82) is 0 Å². The number of ether oxygens (including phenoxy) is 1. The van der Waals surface area contributed by atoms with Crippen LogP contribution in [0, 0.1) is 17.7 Å². The average Bonchev–Trinajstić information content (AvgIpc) is 3.38. The smallest absolute Gasteiger partial charge is 0.338 e. The van der Waals surface area contributed by atoms with E-state index in [0.29, 0.717) is 5.69 Å². The van der Waals surface area contributed by atoms with Gasteiger partial charge in [-0.1, -0.05) is 0 Å². The molecule has 2 fully saturated rings. The van der Waals surface area contributed by atoms with Crippen LogP contribution < -0.4 is 21.3 Å². The van der Waals surface area contributed by atoms with Crippen LogP contribution in [-0.4, -0.2) is 42.2 Å². The van der Waals surface area contributed by atoms with Crippen molar-refractivity contribution in [3.63, 3.8) is 0 Å². The minimum absolute atomic E-state index is 0.185. The Morgan fingerprint density at radius 3 is 2.49 bits per heavy atom. The SMILES string of the molecule is CCOC(=O)c1ccc(N2C(=O)[C@@H]3C(CC(N)=O)NC4(C(=O)Nc5ccc(F)cc54)[C@@H]3C2=O)cc1. The van der Waals surface area contributed by atoms with Gasteiger partial charge in [0.2, 0.25) is 23.6 Å². The van der Waals surface area contributed by atoms with E-state index in [1.54, 1.807) is 6.92 Å². The van der Waals surface area contributed by atoms with Crippen molar-refractivity contribution >= 4 is 41.0 Å². The van der Waals surface area contributed by atoms with Crippen molar-refractivity contribution in [3.05, 3.63) is 59.4 Å². The predicted octanol–water partition coefficient (Wildman–Crippen LogP) is 0.803. The zero-order valence-corrected chi connectivity index (χ0v) is 18.5. The van der Waals surface area contributed by atoms with E-state index in [4.69, 9.17) is 10.5 Å². The number of carbonyl (C=O) groups excluding carboxylic acids is 5. The molecule has 4 amide bonds. The third-order valence-electron chi connectivity index (χ3n) is 6.73. The second-order valence-electron chi connectivity index (χ2n) is 8.66. The van der Waals surface area contributed by atoms with E-state index < -0.39 is 58.8 Å². The van der Waals surface area contributed by atoms with E-state index in [1.165, 1.54) is 36.4 Å². The number of rotatable bonds is 5. The van der Waals surface area contributed by atoms with Gasteiger partial charge in [0.25, 0.3) is 0 Å². The van der Waals surface area contributed by atoms with Crippen molar-refractivity contribution in [1.82, 2.24) is 5.32 Å². The number of benzene rings is 2. The molecule has 0 bridgehead atoms. The van der Waals surface area contributed by atoms with Gasteiger partial charge in [-0.05, 0) is 49.4 Å². The molecule has 0 aliphatic carbocycles. The maximum Gasteiger partial charge on any atom is 0.338 e. The Morgan fingerprint density at radius 2 is 1.83 bits per heavy atom. The highest BCUT2D eigenvalue weighted by Gasteiger charge is 2.70. The number of esters is 1. The molecule has 0 aromatic heterocycles. The molecule has 0 radical (unpaired) electrons. The van der Waals surface area contributed by atoms with Gasteiger partial charge in [0, 0.05) is 23.7 Å². The Bertz CT molecular complexity index is 1300. The summed E-state index contributed by atoms with van der Waals surface area (Å²) in [5.74, 6) is -6.19. The highest BCUT2D eigenvalue weighted by molar-refractivity contribution is 6.26. The zero-order chi connectivity index (χ0) is 25.1. The number of fused-ring (bicyclic) bond motifs is 4. The third-order valence-corrected chi connectivity index (χ3v) is 6.73. The van der Waals surface area contributed by atoms with Crippen LogP contribution in [0.25, 0.3) is 0 Å². The first-order valence-corrected chi connectivity index (χ1v) is 11.0. The fourth-order valence-electron chi connectivity index (χ4n) is 5.38. The molecule has 180 valence electrons. The summed E-state index contributed by atoms with van der Waals surface area (Å²) >= 11 is 0. The van der Waals surface area contributed by atoms with Crippen LogP contribution in [-0.2, 0) is 29.5 Å². The third kappa shape index (κ3) is 3.22. The number of amides is 4. The predicted molar refractivity (Wildman–Crippen MR) is 119 cm³/mol. The van der Waals surface area contributed by atoms with Gasteiger partial charge in [0.1, 0.15) is 11.4 Å². The standard InChI is InChI=1S/C24H21FN4O6/c1-2-35-22(33)11-3-6-13(7-4-11)29-20(31)18-16(10-17(26)30)28-24(19(18)21(29)32)14-9-12(25)5-8-15(14)27-23(24)34/h3-9,16,18-19,28H,2,10H2,1H3,(H2,26,30)(H,27,34)/t16?,18-,19+,24?/m1/s1. The van der Waals surface area contributed by atoms with E-state index in [0.717, 1.165) is 11.0 Å². The number of imide groups is 1. The molecular formula is C24H21FN4O6.